The summed E-state index contributed by atoms with van der Waals surface area (Å²) in [6.45, 7) is 10.1. The first-order valence-corrected chi connectivity index (χ1v) is 8.38. The van der Waals surface area contributed by atoms with Gasteiger partial charge < -0.3 is 4.90 Å². The van der Waals surface area contributed by atoms with Crippen LogP contribution in [0.25, 0.3) is 0 Å². The predicted molar refractivity (Wildman–Crippen MR) is 92.7 cm³/mol. The molecule has 0 spiro atoms. The Labute approximate surface area is 138 Å². The summed E-state index contributed by atoms with van der Waals surface area (Å²) in [7, 11) is 0. The summed E-state index contributed by atoms with van der Waals surface area (Å²) in [6, 6.07) is 8.20. The summed E-state index contributed by atoms with van der Waals surface area (Å²) in [4.78, 5) is 14.7. The zero-order valence-electron chi connectivity index (χ0n) is 14.5. The number of hydrogen-bond acceptors (Lipinski definition) is 2. The van der Waals surface area contributed by atoms with Gasteiger partial charge in [0.05, 0.1) is 12.1 Å². The Balaban J connectivity index is 1.80. The Hall–Kier alpha value is -2.10. The highest BCUT2D eigenvalue weighted by atomic mass is 16.2. The molecule has 4 heteroatoms. The van der Waals surface area contributed by atoms with Crippen molar-refractivity contribution in [1.82, 2.24) is 9.78 Å². The minimum Gasteiger partial charge on any atom is -0.312 e. The lowest BCUT2D eigenvalue weighted by atomic mass is 10.1. The van der Waals surface area contributed by atoms with E-state index in [2.05, 4.69) is 31.9 Å². The average molecular weight is 311 g/mol. The summed E-state index contributed by atoms with van der Waals surface area (Å²) in [5, 5.41) is 4.62. The molecule has 0 fully saturated rings. The van der Waals surface area contributed by atoms with Gasteiger partial charge in [-0.3, -0.25) is 9.48 Å². The van der Waals surface area contributed by atoms with Crippen LogP contribution >= 0.6 is 0 Å². The molecule has 1 aliphatic heterocycles. The number of aryl methyl sites for hydroxylation is 1. The molecular formula is C19H25N3O. The first-order valence-electron chi connectivity index (χ1n) is 8.38. The number of hydrogen-bond donors (Lipinski definition) is 0. The van der Waals surface area contributed by atoms with Gasteiger partial charge in [0.15, 0.2) is 0 Å². The van der Waals surface area contributed by atoms with Crippen LogP contribution in [0.3, 0.4) is 0 Å². The minimum absolute atomic E-state index is 0.172. The van der Waals surface area contributed by atoms with E-state index in [0.29, 0.717) is 12.3 Å². The fraction of sp³-hybridized carbons (Fsp3) is 0.474. The Morgan fingerprint density at radius 1 is 1.26 bits per heavy atom. The number of rotatable bonds is 4. The number of para-hydroxylation sites is 1. The van der Waals surface area contributed by atoms with Gasteiger partial charge in [-0.05, 0) is 37.8 Å². The molecule has 3 rings (SSSR count). The van der Waals surface area contributed by atoms with Crippen molar-refractivity contribution in [2.75, 3.05) is 11.4 Å². The summed E-state index contributed by atoms with van der Waals surface area (Å²) in [5.74, 6) is 0.715. The number of benzene rings is 1. The molecule has 0 bridgehead atoms. The van der Waals surface area contributed by atoms with Crippen molar-refractivity contribution in [2.24, 2.45) is 5.92 Å². The van der Waals surface area contributed by atoms with Gasteiger partial charge in [-0.1, -0.05) is 32.0 Å². The molecule has 2 aromatic rings. The fourth-order valence-electron chi connectivity index (χ4n) is 3.36. The van der Waals surface area contributed by atoms with Gasteiger partial charge in [0.1, 0.15) is 0 Å². The van der Waals surface area contributed by atoms with Crippen LogP contribution in [0.4, 0.5) is 5.69 Å². The first-order chi connectivity index (χ1) is 11.0. The standard InChI is InChI=1S/C19H25N3O/c1-13(2)12-22-15(4)17(14(3)20-22)11-19(23)21-10-9-16-7-5-6-8-18(16)21/h5-8,13H,9-12H2,1-4H3. The van der Waals surface area contributed by atoms with Crippen LogP contribution < -0.4 is 4.90 Å². The largest absolute Gasteiger partial charge is 0.312 e. The lowest BCUT2D eigenvalue weighted by Crippen LogP contribution is -2.30. The molecule has 0 N–H and O–H groups in total. The SMILES string of the molecule is Cc1nn(CC(C)C)c(C)c1CC(=O)N1CCc2ccccc21. The molecule has 1 aliphatic rings. The number of carbonyl (C=O) groups is 1. The highest BCUT2D eigenvalue weighted by molar-refractivity contribution is 5.96. The van der Waals surface area contributed by atoms with Crippen molar-refractivity contribution in [2.45, 2.75) is 47.1 Å². The number of nitrogens with zero attached hydrogens (tertiary/aromatic N) is 3. The van der Waals surface area contributed by atoms with Crippen molar-refractivity contribution < 1.29 is 4.79 Å². The third-order valence-electron chi connectivity index (χ3n) is 4.59. The third kappa shape index (κ3) is 3.03. The highest BCUT2D eigenvalue weighted by Gasteiger charge is 2.26. The van der Waals surface area contributed by atoms with Crippen molar-refractivity contribution >= 4 is 11.6 Å². The molecule has 1 aromatic heterocycles. The molecule has 0 radical (unpaired) electrons. The van der Waals surface area contributed by atoms with Crippen LogP contribution in [0.5, 0.6) is 0 Å². The van der Waals surface area contributed by atoms with E-state index in [0.717, 1.165) is 42.1 Å². The average Bonchev–Trinajstić information content (AvgIpc) is 3.04. The van der Waals surface area contributed by atoms with E-state index >= 15 is 0 Å². The zero-order chi connectivity index (χ0) is 16.6. The second-order valence-corrected chi connectivity index (χ2v) is 6.83. The molecule has 1 amide bonds. The molecule has 2 heterocycles. The monoisotopic (exact) mass is 311 g/mol. The molecule has 0 unspecified atom stereocenters. The van der Waals surface area contributed by atoms with Gasteiger partial charge in [0.25, 0.3) is 0 Å². The van der Waals surface area contributed by atoms with Crippen molar-refractivity contribution in [3.05, 3.63) is 46.8 Å². The zero-order valence-corrected chi connectivity index (χ0v) is 14.5. The molecule has 4 nitrogen and oxygen atoms in total. The number of carbonyl (C=O) groups excluding carboxylic acids is 1. The molecule has 0 saturated carbocycles. The molecule has 0 saturated heterocycles. The maximum Gasteiger partial charge on any atom is 0.231 e. The summed E-state index contributed by atoms with van der Waals surface area (Å²) in [6.07, 6.45) is 1.39. The summed E-state index contributed by atoms with van der Waals surface area (Å²) in [5.41, 5.74) is 5.52. The van der Waals surface area contributed by atoms with E-state index < -0.39 is 0 Å². The fourth-order valence-corrected chi connectivity index (χ4v) is 3.36. The van der Waals surface area contributed by atoms with Gasteiger partial charge in [-0.2, -0.15) is 5.10 Å². The first kappa shape index (κ1) is 15.8. The van der Waals surface area contributed by atoms with Gasteiger partial charge >= 0.3 is 0 Å². The van der Waals surface area contributed by atoms with Gasteiger partial charge in [0, 0.05) is 30.0 Å². The smallest absolute Gasteiger partial charge is 0.231 e. The van der Waals surface area contributed by atoms with E-state index in [1.807, 2.05) is 34.7 Å². The quantitative estimate of drug-likeness (QED) is 0.869. The summed E-state index contributed by atoms with van der Waals surface area (Å²) >= 11 is 0. The van der Waals surface area contributed by atoms with Crippen LogP contribution in [0.1, 0.15) is 36.4 Å². The van der Waals surface area contributed by atoms with E-state index in [1.165, 1.54) is 5.56 Å². The van der Waals surface area contributed by atoms with Crippen LogP contribution in [0.15, 0.2) is 24.3 Å². The number of anilines is 1. The second kappa shape index (κ2) is 6.19. The lowest BCUT2D eigenvalue weighted by molar-refractivity contribution is -0.117. The minimum atomic E-state index is 0.172. The van der Waals surface area contributed by atoms with Crippen molar-refractivity contribution in [3.8, 4) is 0 Å². The van der Waals surface area contributed by atoms with E-state index in [4.69, 9.17) is 0 Å². The Morgan fingerprint density at radius 3 is 2.74 bits per heavy atom. The number of aromatic nitrogens is 2. The Bertz CT molecular complexity index is 730. The van der Waals surface area contributed by atoms with Crippen LogP contribution in [0, 0.1) is 19.8 Å². The molecule has 23 heavy (non-hydrogen) atoms. The Kier molecular flexibility index (Phi) is 4.24. The van der Waals surface area contributed by atoms with E-state index in [-0.39, 0.29) is 5.91 Å². The molecule has 0 aliphatic carbocycles. The predicted octanol–water partition coefficient (Wildman–Crippen LogP) is 3.29. The van der Waals surface area contributed by atoms with E-state index in [9.17, 15) is 4.79 Å². The van der Waals surface area contributed by atoms with Crippen molar-refractivity contribution in [1.29, 1.82) is 0 Å². The summed E-state index contributed by atoms with van der Waals surface area (Å²) < 4.78 is 2.04. The van der Waals surface area contributed by atoms with Gasteiger partial charge in [-0.25, -0.2) is 0 Å². The molecular weight excluding hydrogens is 286 g/mol. The van der Waals surface area contributed by atoms with Crippen LogP contribution in [0.2, 0.25) is 0 Å². The number of amides is 1. The molecule has 0 atom stereocenters. The van der Waals surface area contributed by atoms with Gasteiger partial charge in [0.2, 0.25) is 5.91 Å². The molecule has 122 valence electrons. The topological polar surface area (TPSA) is 38.1 Å². The number of fused-ring (bicyclic) bond motifs is 1. The van der Waals surface area contributed by atoms with Crippen LogP contribution in [-0.4, -0.2) is 22.2 Å². The van der Waals surface area contributed by atoms with E-state index in [1.54, 1.807) is 0 Å². The highest BCUT2D eigenvalue weighted by Crippen LogP contribution is 2.28. The lowest BCUT2D eigenvalue weighted by Gasteiger charge is -2.17. The maximum atomic E-state index is 12.8. The molecule has 1 aromatic carbocycles. The van der Waals surface area contributed by atoms with Crippen molar-refractivity contribution in [3.63, 3.8) is 0 Å². The third-order valence-corrected chi connectivity index (χ3v) is 4.59. The second-order valence-electron chi connectivity index (χ2n) is 6.83. The van der Waals surface area contributed by atoms with Crippen LogP contribution in [-0.2, 0) is 24.2 Å². The maximum absolute atomic E-state index is 12.8. The normalized spacial score (nSPS) is 13.7. The van der Waals surface area contributed by atoms with Gasteiger partial charge in [-0.15, -0.1) is 0 Å². The Morgan fingerprint density at radius 2 is 2.00 bits per heavy atom.